The highest BCUT2D eigenvalue weighted by Gasteiger charge is 2.10. The zero-order valence-corrected chi connectivity index (χ0v) is 12.0. The van der Waals surface area contributed by atoms with Crippen LogP contribution in [0.25, 0.3) is 0 Å². The Morgan fingerprint density at radius 1 is 1.41 bits per heavy atom. The number of nitrogens with zero attached hydrogens (tertiary/aromatic N) is 2. The maximum absolute atomic E-state index is 4.38. The molecule has 4 heteroatoms. The van der Waals surface area contributed by atoms with Crippen molar-refractivity contribution in [2.24, 2.45) is 0 Å². The van der Waals surface area contributed by atoms with Gasteiger partial charge in [0, 0.05) is 17.2 Å². The van der Waals surface area contributed by atoms with Crippen LogP contribution in [0.3, 0.4) is 0 Å². The third kappa shape index (κ3) is 3.96. The molecule has 0 radical (unpaired) electrons. The minimum atomic E-state index is 1.01. The van der Waals surface area contributed by atoms with E-state index in [4.69, 9.17) is 0 Å². The van der Waals surface area contributed by atoms with E-state index in [9.17, 15) is 0 Å². The molecule has 17 heavy (non-hydrogen) atoms. The van der Waals surface area contributed by atoms with Gasteiger partial charge < -0.3 is 10.2 Å². The SMILES string of the molecule is Cc1cc(Br)cnc1NCCCN1CCCC1. The molecule has 1 aromatic rings. The second kappa shape index (κ2) is 6.36. The summed E-state index contributed by atoms with van der Waals surface area (Å²) in [6.07, 6.45) is 5.79. The largest absolute Gasteiger partial charge is 0.370 e. The van der Waals surface area contributed by atoms with E-state index >= 15 is 0 Å². The average molecular weight is 298 g/mol. The van der Waals surface area contributed by atoms with Crippen LogP contribution in [-0.4, -0.2) is 36.1 Å². The third-order valence-electron chi connectivity index (χ3n) is 3.19. The second-order valence-electron chi connectivity index (χ2n) is 4.65. The molecule has 1 aliphatic rings. The summed E-state index contributed by atoms with van der Waals surface area (Å²) in [7, 11) is 0. The minimum Gasteiger partial charge on any atom is -0.370 e. The molecule has 94 valence electrons. The summed E-state index contributed by atoms with van der Waals surface area (Å²) < 4.78 is 1.04. The van der Waals surface area contributed by atoms with E-state index in [1.807, 2.05) is 6.20 Å². The number of likely N-dealkylation sites (tertiary alicyclic amines) is 1. The highest BCUT2D eigenvalue weighted by atomic mass is 79.9. The lowest BCUT2D eigenvalue weighted by molar-refractivity contribution is 0.337. The summed E-state index contributed by atoms with van der Waals surface area (Å²) in [5.74, 6) is 1.01. The summed E-state index contributed by atoms with van der Waals surface area (Å²) in [5.41, 5.74) is 1.19. The molecule has 2 rings (SSSR count). The third-order valence-corrected chi connectivity index (χ3v) is 3.62. The monoisotopic (exact) mass is 297 g/mol. The van der Waals surface area contributed by atoms with Crippen molar-refractivity contribution in [2.75, 3.05) is 31.5 Å². The Kier molecular flexibility index (Phi) is 4.80. The first-order chi connectivity index (χ1) is 8.25. The fourth-order valence-corrected chi connectivity index (χ4v) is 2.69. The average Bonchev–Trinajstić information content (AvgIpc) is 2.79. The quantitative estimate of drug-likeness (QED) is 0.847. The molecule has 0 saturated carbocycles. The van der Waals surface area contributed by atoms with Crippen molar-refractivity contribution in [1.29, 1.82) is 0 Å². The van der Waals surface area contributed by atoms with Crippen LogP contribution >= 0.6 is 15.9 Å². The van der Waals surface area contributed by atoms with Crippen LogP contribution in [0.15, 0.2) is 16.7 Å². The number of aryl methyl sites for hydroxylation is 1. The van der Waals surface area contributed by atoms with Crippen LogP contribution in [0.4, 0.5) is 5.82 Å². The number of nitrogens with one attached hydrogen (secondary N) is 1. The van der Waals surface area contributed by atoms with Crippen molar-refractivity contribution >= 4 is 21.7 Å². The number of halogens is 1. The van der Waals surface area contributed by atoms with Crippen LogP contribution < -0.4 is 5.32 Å². The Balaban J connectivity index is 1.70. The smallest absolute Gasteiger partial charge is 0.128 e. The van der Waals surface area contributed by atoms with Gasteiger partial charge in [-0.25, -0.2) is 4.98 Å². The van der Waals surface area contributed by atoms with Crippen molar-refractivity contribution in [1.82, 2.24) is 9.88 Å². The predicted octanol–water partition coefficient (Wildman–Crippen LogP) is 3.05. The van der Waals surface area contributed by atoms with Crippen LogP contribution in [0.1, 0.15) is 24.8 Å². The maximum atomic E-state index is 4.38. The van der Waals surface area contributed by atoms with Gasteiger partial charge in [-0.05, 0) is 73.4 Å². The molecule has 1 aliphatic heterocycles. The molecular weight excluding hydrogens is 278 g/mol. The predicted molar refractivity (Wildman–Crippen MR) is 75.5 cm³/mol. The fourth-order valence-electron chi connectivity index (χ4n) is 2.24. The van der Waals surface area contributed by atoms with Gasteiger partial charge in [-0.1, -0.05) is 0 Å². The van der Waals surface area contributed by atoms with E-state index in [-0.39, 0.29) is 0 Å². The molecule has 1 aromatic heterocycles. The van der Waals surface area contributed by atoms with E-state index < -0.39 is 0 Å². The molecule has 0 spiro atoms. The van der Waals surface area contributed by atoms with Gasteiger partial charge >= 0.3 is 0 Å². The first kappa shape index (κ1) is 12.8. The second-order valence-corrected chi connectivity index (χ2v) is 5.56. The number of aromatic nitrogens is 1. The Bertz CT molecular complexity index is 362. The molecule has 0 aliphatic carbocycles. The number of hydrogen-bond acceptors (Lipinski definition) is 3. The summed E-state index contributed by atoms with van der Waals surface area (Å²) in [6.45, 7) is 6.88. The van der Waals surface area contributed by atoms with Crippen LogP contribution in [0.5, 0.6) is 0 Å². The van der Waals surface area contributed by atoms with E-state index in [2.05, 4.69) is 44.1 Å². The highest BCUT2D eigenvalue weighted by Crippen LogP contribution is 2.16. The van der Waals surface area contributed by atoms with Crippen molar-refractivity contribution in [3.05, 3.63) is 22.3 Å². The normalized spacial score (nSPS) is 16.4. The van der Waals surface area contributed by atoms with Gasteiger partial charge in [0.25, 0.3) is 0 Å². The lowest BCUT2D eigenvalue weighted by Gasteiger charge is -2.15. The van der Waals surface area contributed by atoms with E-state index in [1.54, 1.807) is 0 Å². The van der Waals surface area contributed by atoms with Crippen molar-refractivity contribution in [3.63, 3.8) is 0 Å². The van der Waals surface area contributed by atoms with Crippen LogP contribution in [-0.2, 0) is 0 Å². The van der Waals surface area contributed by atoms with Gasteiger partial charge in [-0.3, -0.25) is 0 Å². The van der Waals surface area contributed by atoms with E-state index in [0.29, 0.717) is 0 Å². The van der Waals surface area contributed by atoms with Gasteiger partial charge in [0.15, 0.2) is 0 Å². The van der Waals surface area contributed by atoms with E-state index in [1.165, 1.54) is 44.5 Å². The molecule has 0 aromatic carbocycles. The Morgan fingerprint density at radius 3 is 2.88 bits per heavy atom. The van der Waals surface area contributed by atoms with Crippen molar-refractivity contribution in [3.8, 4) is 0 Å². The van der Waals surface area contributed by atoms with Gasteiger partial charge in [0.2, 0.25) is 0 Å². The molecule has 0 unspecified atom stereocenters. The van der Waals surface area contributed by atoms with Gasteiger partial charge in [0.05, 0.1) is 0 Å². The van der Waals surface area contributed by atoms with Crippen molar-refractivity contribution in [2.45, 2.75) is 26.2 Å². The maximum Gasteiger partial charge on any atom is 0.128 e. The standard InChI is InChI=1S/C13H20BrN3/c1-11-9-12(14)10-16-13(11)15-5-4-8-17-6-2-3-7-17/h9-10H,2-8H2,1H3,(H,15,16). The first-order valence-corrected chi connectivity index (χ1v) is 7.13. The zero-order valence-electron chi connectivity index (χ0n) is 10.4. The van der Waals surface area contributed by atoms with Gasteiger partial charge in [0.1, 0.15) is 5.82 Å². The van der Waals surface area contributed by atoms with E-state index in [0.717, 1.165) is 16.8 Å². The summed E-state index contributed by atoms with van der Waals surface area (Å²) >= 11 is 3.43. The van der Waals surface area contributed by atoms with Gasteiger partial charge in [-0.2, -0.15) is 0 Å². The molecule has 0 bridgehead atoms. The number of anilines is 1. The lowest BCUT2D eigenvalue weighted by Crippen LogP contribution is -2.22. The number of rotatable bonds is 5. The Morgan fingerprint density at radius 2 is 2.18 bits per heavy atom. The summed E-state index contributed by atoms with van der Waals surface area (Å²) in [6, 6.07) is 2.09. The number of pyridine rings is 1. The Hall–Kier alpha value is -0.610. The van der Waals surface area contributed by atoms with Crippen LogP contribution in [0, 0.1) is 6.92 Å². The lowest BCUT2D eigenvalue weighted by atomic mass is 10.3. The summed E-state index contributed by atoms with van der Waals surface area (Å²) in [4.78, 5) is 6.92. The molecular formula is C13H20BrN3. The van der Waals surface area contributed by atoms with Crippen molar-refractivity contribution < 1.29 is 0 Å². The topological polar surface area (TPSA) is 28.2 Å². The van der Waals surface area contributed by atoms with Gasteiger partial charge in [-0.15, -0.1) is 0 Å². The minimum absolute atomic E-state index is 1.01. The highest BCUT2D eigenvalue weighted by molar-refractivity contribution is 9.10. The van der Waals surface area contributed by atoms with Crippen LogP contribution in [0.2, 0.25) is 0 Å². The first-order valence-electron chi connectivity index (χ1n) is 6.34. The number of hydrogen-bond donors (Lipinski definition) is 1. The Labute approximate surface area is 112 Å². The molecule has 0 atom stereocenters. The molecule has 1 fully saturated rings. The molecule has 3 nitrogen and oxygen atoms in total. The molecule has 2 heterocycles. The molecule has 1 saturated heterocycles. The molecule has 1 N–H and O–H groups in total. The fraction of sp³-hybridized carbons (Fsp3) is 0.615. The zero-order chi connectivity index (χ0) is 12.1. The molecule has 0 amide bonds. The summed E-state index contributed by atoms with van der Waals surface area (Å²) in [5, 5.41) is 3.41.